The second-order valence-corrected chi connectivity index (χ2v) is 4.46. The van der Waals surface area contributed by atoms with E-state index in [-0.39, 0.29) is 5.56 Å². The Hall–Kier alpha value is -1.03. The van der Waals surface area contributed by atoms with Crippen LogP contribution in [0, 0.1) is 0 Å². The third-order valence-electron chi connectivity index (χ3n) is 3.18. The van der Waals surface area contributed by atoms with Crippen molar-refractivity contribution in [1.82, 2.24) is 14.7 Å². The molecule has 0 spiro atoms. The zero-order chi connectivity index (χ0) is 9.71. The molecule has 76 valence electrons. The molecule has 0 bridgehead atoms. The fourth-order valence-electron chi connectivity index (χ4n) is 2.15. The lowest BCUT2D eigenvalue weighted by molar-refractivity contribution is 0.311. The van der Waals surface area contributed by atoms with Gasteiger partial charge in [0, 0.05) is 25.2 Å². The average molecular weight is 193 g/mol. The summed E-state index contributed by atoms with van der Waals surface area (Å²) in [5, 5.41) is 3.26. The van der Waals surface area contributed by atoms with Gasteiger partial charge < -0.3 is 4.90 Å². The Bertz CT molecular complexity index is 413. The van der Waals surface area contributed by atoms with Crippen molar-refractivity contribution in [1.29, 1.82) is 0 Å². The third kappa shape index (κ3) is 1.14. The second kappa shape index (κ2) is 2.73. The van der Waals surface area contributed by atoms with Gasteiger partial charge in [-0.3, -0.25) is 9.89 Å². The minimum absolute atomic E-state index is 0.217. The van der Waals surface area contributed by atoms with Crippen molar-refractivity contribution in [2.24, 2.45) is 0 Å². The number of rotatable bonds is 1. The number of hydrogen-bond donors (Lipinski definition) is 1. The predicted octanol–water partition coefficient (Wildman–Crippen LogP) is 0.499. The topological polar surface area (TPSA) is 41.0 Å². The van der Waals surface area contributed by atoms with Gasteiger partial charge in [0.05, 0.1) is 11.6 Å². The number of hydrogen-bond acceptors (Lipinski definition) is 2. The Morgan fingerprint density at radius 3 is 2.93 bits per heavy atom. The van der Waals surface area contributed by atoms with Gasteiger partial charge in [0.15, 0.2) is 0 Å². The number of nitrogens with one attached hydrogen (secondary N) is 1. The molecule has 0 radical (unpaired) electrons. The van der Waals surface area contributed by atoms with E-state index in [9.17, 15) is 4.79 Å². The molecule has 1 aliphatic heterocycles. The zero-order valence-electron chi connectivity index (χ0n) is 8.42. The van der Waals surface area contributed by atoms with Gasteiger partial charge in [-0.05, 0) is 19.9 Å². The van der Waals surface area contributed by atoms with Gasteiger partial charge in [0.25, 0.3) is 5.56 Å². The van der Waals surface area contributed by atoms with E-state index in [1.165, 1.54) is 5.69 Å². The molecular formula is C10H15N3O. The SMILES string of the molecule is CN1CCc2[nH]n(C3CC3)c(=O)c2C1. The maximum absolute atomic E-state index is 11.9. The maximum Gasteiger partial charge on any atom is 0.271 e. The van der Waals surface area contributed by atoms with Crippen molar-refractivity contribution in [2.75, 3.05) is 13.6 Å². The molecule has 0 saturated heterocycles. The third-order valence-corrected chi connectivity index (χ3v) is 3.18. The Morgan fingerprint density at radius 2 is 2.21 bits per heavy atom. The van der Waals surface area contributed by atoms with Crippen LogP contribution in [0.2, 0.25) is 0 Å². The molecule has 0 atom stereocenters. The summed E-state index contributed by atoms with van der Waals surface area (Å²) in [7, 11) is 2.07. The van der Waals surface area contributed by atoms with E-state index in [2.05, 4.69) is 17.0 Å². The van der Waals surface area contributed by atoms with Gasteiger partial charge in [0.1, 0.15) is 0 Å². The summed E-state index contributed by atoms with van der Waals surface area (Å²) in [4.78, 5) is 14.1. The van der Waals surface area contributed by atoms with E-state index >= 15 is 0 Å². The van der Waals surface area contributed by atoms with Crippen molar-refractivity contribution in [2.45, 2.75) is 31.8 Å². The van der Waals surface area contributed by atoms with E-state index < -0.39 is 0 Å². The van der Waals surface area contributed by atoms with Gasteiger partial charge in [-0.15, -0.1) is 0 Å². The van der Waals surface area contributed by atoms with Gasteiger partial charge in [0.2, 0.25) is 0 Å². The minimum atomic E-state index is 0.217. The van der Waals surface area contributed by atoms with Crippen LogP contribution in [-0.4, -0.2) is 28.3 Å². The summed E-state index contributed by atoms with van der Waals surface area (Å²) in [5.74, 6) is 0. The van der Waals surface area contributed by atoms with Crippen LogP contribution in [0.25, 0.3) is 0 Å². The first-order chi connectivity index (χ1) is 6.75. The Morgan fingerprint density at radius 1 is 1.43 bits per heavy atom. The first-order valence-corrected chi connectivity index (χ1v) is 5.26. The minimum Gasteiger partial charge on any atom is -0.301 e. The quantitative estimate of drug-likeness (QED) is 0.705. The fraction of sp³-hybridized carbons (Fsp3) is 0.700. The molecule has 14 heavy (non-hydrogen) atoms. The highest BCUT2D eigenvalue weighted by Gasteiger charge is 2.29. The predicted molar refractivity (Wildman–Crippen MR) is 53.4 cm³/mol. The molecule has 1 N–H and O–H groups in total. The summed E-state index contributed by atoms with van der Waals surface area (Å²) in [6, 6.07) is 0.471. The van der Waals surface area contributed by atoms with Crippen LogP contribution in [-0.2, 0) is 13.0 Å². The van der Waals surface area contributed by atoms with Crippen LogP contribution in [0.1, 0.15) is 30.1 Å². The van der Waals surface area contributed by atoms with E-state index in [4.69, 9.17) is 0 Å². The lowest BCUT2D eigenvalue weighted by Crippen LogP contribution is -2.29. The molecule has 1 fully saturated rings. The highest BCUT2D eigenvalue weighted by atomic mass is 16.1. The number of likely N-dealkylation sites (N-methyl/N-ethyl adjacent to an activating group) is 1. The molecule has 2 aliphatic rings. The smallest absolute Gasteiger partial charge is 0.271 e. The second-order valence-electron chi connectivity index (χ2n) is 4.46. The van der Waals surface area contributed by atoms with Crippen molar-refractivity contribution in [3.8, 4) is 0 Å². The summed E-state index contributed by atoms with van der Waals surface area (Å²) in [5.41, 5.74) is 2.37. The fourth-order valence-corrected chi connectivity index (χ4v) is 2.15. The van der Waals surface area contributed by atoms with Crippen LogP contribution in [0.5, 0.6) is 0 Å². The highest BCUT2D eigenvalue weighted by molar-refractivity contribution is 5.20. The zero-order valence-corrected chi connectivity index (χ0v) is 8.42. The Balaban J connectivity index is 2.06. The van der Waals surface area contributed by atoms with Crippen LogP contribution in [0.3, 0.4) is 0 Å². The van der Waals surface area contributed by atoms with Crippen LogP contribution >= 0.6 is 0 Å². The molecule has 0 aromatic carbocycles. The Kier molecular flexibility index (Phi) is 1.62. The monoisotopic (exact) mass is 193 g/mol. The number of fused-ring (bicyclic) bond motifs is 1. The van der Waals surface area contributed by atoms with Crippen LogP contribution < -0.4 is 5.56 Å². The maximum atomic E-state index is 11.9. The van der Waals surface area contributed by atoms with Gasteiger partial charge in [-0.2, -0.15) is 0 Å². The van der Waals surface area contributed by atoms with Crippen molar-refractivity contribution < 1.29 is 0 Å². The molecular weight excluding hydrogens is 178 g/mol. The number of aromatic amines is 1. The van der Waals surface area contributed by atoms with Gasteiger partial charge >= 0.3 is 0 Å². The van der Waals surface area contributed by atoms with Crippen molar-refractivity contribution in [3.63, 3.8) is 0 Å². The lowest BCUT2D eigenvalue weighted by atomic mass is 10.1. The molecule has 2 heterocycles. The van der Waals surface area contributed by atoms with Crippen molar-refractivity contribution in [3.05, 3.63) is 21.6 Å². The van der Waals surface area contributed by atoms with Crippen molar-refractivity contribution >= 4 is 0 Å². The van der Waals surface area contributed by atoms with E-state index in [0.29, 0.717) is 6.04 Å². The number of nitrogens with zero attached hydrogens (tertiary/aromatic N) is 2. The molecule has 0 amide bonds. The van der Waals surface area contributed by atoms with E-state index in [1.807, 2.05) is 4.68 Å². The summed E-state index contributed by atoms with van der Waals surface area (Å²) in [6.45, 7) is 1.86. The molecule has 1 aromatic heterocycles. The van der Waals surface area contributed by atoms with Crippen LogP contribution in [0.15, 0.2) is 4.79 Å². The molecule has 4 heteroatoms. The largest absolute Gasteiger partial charge is 0.301 e. The standard InChI is InChI=1S/C10H15N3O/c1-12-5-4-9-8(6-12)10(14)13(11-9)7-2-3-7/h7,11H,2-6H2,1H3. The molecule has 1 saturated carbocycles. The normalized spacial score (nSPS) is 22.4. The van der Waals surface area contributed by atoms with E-state index in [0.717, 1.165) is 37.9 Å². The first-order valence-electron chi connectivity index (χ1n) is 5.26. The molecule has 1 aliphatic carbocycles. The number of aromatic nitrogens is 2. The summed E-state index contributed by atoms with van der Waals surface area (Å²) < 4.78 is 1.84. The van der Waals surface area contributed by atoms with Crippen LogP contribution in [0.4, 0.5) is 0 Å². The summed E-state index contributed by atoms with van der Waals surface area (Å²) >= 11 is 0. The molecule has 0 unspecified atom stereocenters. The number of H-pyrrole nitrogens is 1. The summed E-state index contributed by atoms with van der Waals surface area (Å²) in [6.07, 6.45) is 3.31. The van der Waals surface area contributed by atoms with Gasteiger partial charge in [-0.1, -0.05) is 0 Å². The lowest BCUT2D eigenvalue weighted by Gasteiger charge is -2.20. The van der Waals surface area contributed by atoms with E-state index in [1.54, 1.807) is 0 Å². The first kappa shape index (κ1) is 8.29. The van der Waals surface area contributed by atoms with Gasteiger partial charge in [-0.25, -0.2) is 4.68 Å². The molecule has 3 rings (SSSR count). The molecule has 4 nitrogen and oxygen atoms in total. The highest BCUT2D eigenvalue weighted by Crippen LogP contribution is 2.33. The Labute approximate surface area is 82.5 Å². The average Bonchev–Trinajstić information content (AvgIpc) is 2.95. The molecule has 1 aromatic rings.